The first-order valence-corrected chi connectivity index (χ1v) is 11.0. The zero-order valence-corrected chi connectivity index (χ0v) is 18.5. The molecule has 1 saturated carbocycles. The number of anilines is 2. The van der Waals surface area contributed by atoms with Crippen molar-refractivity contribution in [1.82, 2.24) is 19.7 Å². The molecule has 0 spiro atoms. The lowest BCUT2D eigenvalue weighted by Gasteiger charge is -2.21. The maximum atomic E-state index is 13.6. The van der Waals surface area contributed by atoms with Gasteiger partial charge in [0, 0.05) is 31.4 Å². The minimum absolute atomic E-state index is 0.153. The Morgan fingerprint density at radius 2 is 1.97 bits per heavy atom. The number of nitrogens with zero attached hydrogens (tertiary/aromatic N) is 5. The zero-order chi connectivity index (χ0) is 22.2. The van der Waals surface area contributed by atoms with Crippen LogP contribution in [0, 0.1) is 6.92 Å². The number of hydrogen-bond donors (Lipinski definition) is 1. The highest BCUT2D eigenvalue weighted by molar-refractivity contribution is 6.13. The average molecular weight is 427 g/mol. The van der Waals surface area contributed by atoms with Crippen LogP contribution < -0.4 is 10.2 Å². The Hall–Kier alpha value is -3.74. The van der Waals surface area contributed by atoms with E-state index in [1.807, 2.05) is 62.5 Å². The lowest BCUT2D eigenvalue weighted by Crippen LogP contribution is -2.20. The van der Waals surface area contributed by atoms with Crippen LogP contribution >= 0.6 is 0 Å². The molecule has 0 aliphatic heterocycles. The number of benzene rings is 1. The average Bonchev–Trinajstić information content (AvgIpc) is 3.62. The molecule has 7 heteroatoms. The first-order chi connectivity index (χ1) is 15.6. The molecule has 1 aliphatic carbocycles. The van der Waals surface area contributed by atoms with Gasteiger partial charge in [-0.05, 0) is 57.0 Å². The third kappa shape index (κ3) is 3.60. The van der Waals surface area contributed by atoms with Crippen molar-refractivity contribution < 1.29 is 4.79 Å². The summed E-state index contributed by atoms with van der Waals surface area (Å²) in [5.41, 5.74) is 4.75. The Balaban J connectivity index is 1.63. The Morgan fingerprint density at radius 1 is 1.19 bits per heavy atom. The second-order valence-corrected chi connectivity index (χ2v) is 8.24. The third-order valence-corrected chi connectivity index (χ3v) is 5.98. The van der Waals surface area contributed by atoms with E-state index in [0.717, 1.165) is 47.5 Å². The molecule has 1 amide bonds. The van der Waals surface area contributed by atoms with Gasteiger partial charge in [0.15, 0.2) is 11.5 Å². The number of nitrogens with one attached hydrogen (secondary N) is 1. The maximum absolute atomic E-state index is 13.6. The van der Waals surface area contributed by atoms with E-state index in [1.165, 1.54) is 0 Å². The summed E-state index contributed by atoms with van der Waals surface area (Å²) in [6.07, 6.45) is 3.93. The number of aromatic nitrogens is 4. The molecule has 0 unspecified atom stereocenters. The van der Waals surface area contributed by atoms with Crippen molar-refractivity contribution in [3.63, 3.8) is 0 Å². The molecule has 162 valence electrons. The van der Waals surface area contributed by atoms with Crippen molar-refractivity contribution >= 4 is 28.3 Å². The molecule has 32 heavy (non-hydrogen) atoms. The van der Waals surface area contributed by atoms with Crippen LogP contribution in [0.3, 0.4) is 0 Å². The van der Waals surface area contributed by atoms with E-state index in [1.54, 1.807) is 10.9 Å². The van der Waals surface area contributed by atoms with Crippen LogP contribution in [-0.4, -0.2) is 39.2 Å². The normalized spacial score (nSPS) is 13.3. The summed E-state index contributed by atoms with van der Waals surface area (Å²) in [5.74, 6) is 0.934. The van der Waals surface area contributed by atoms with Crippen molar-refractivity contribution in [2.24, 2.45) is 0 Å². The molecule has 0 atom stereocenters. The molecular weight excluding hydrogens is 400 g/mol. The number of aryl methyl sites for hydroxylation is 1. The molecule has 3 aromatic heterocycles. The summed E-state index contributed by atoms with van der Waals surface area (Å²) in [7, 11) is 2.02. The SMILES string of the molecule is CCN(C)c1ccccc1NC(=O)c1cc(C2CC2)nc2c1c(C)nn2-c1ccccn1. The summed E-state index contributed by atoms with van der Waals surface area (Å²) in [4.78, 5) is 25.0. The van der Waals surface area contributed by atoms with Crippen LogP contribution in [0.1, 0.15) is 47.4 Å². The highest BCUT2D eigenvalue weighted by Gasteiger charge is 2.29. The second-order valence-electron chi connectivity index (χ2n) is 8.24. The summed E-state index contributed by atoms with van der Waals surface area (Å²) in [6, 6.07) is 15.5. The molecule has 7 nitrogen and oxygen atoms in total. The number of carbonyl (C=O) groups excluding carboxylic acids is 1. The van der Waals surface area contributed by atoms with Gasteiger partial charge in [0.2, 0.25) is 0 Å². The molecule has 1 aliphatic rings. The van der Waals surface area contributed by atoms with Gasteiger partial charge in [-0.3, -0.25) is 4.79 Å². The standard InChI is InChI=1S/C25H26N6O/c1-4-30(3)21-10-6-5-9-19(21)28-25(32)18-15-20(17-12-13-17)27-24-23(18)16(2)29-31(24)22-11-7-8-14-26-22/h5-11,14-15,17H,4,12-13H2,1-3H3,(H,28,32). The number of para-hydroxylation sites is 2. The van der Waals surface area contributed by atoms with Crippen LogP contribution in [0.25, 0.3) is 16.9 Å². The van der Waals surface area contributed by atoms with Crippen molar-refractivity contribution in [2.45, 2.75) is 32.6 Å². The summed E-state index contributed by atoms with van der Waals surface area (Å²) in [6.45, 7) is 4.84. The van der Waals surface area contributed by atoms with Crippen molar-refractivity contribution in [3.05, 3.63) is 71.7 Å². The van der Waals surface area contributed by atoms with Gasteiger partial charge in [-0.15, -0.1) is 0 Å². The Kier molecular flexibility index (Phi) is 5.09. The molecule has 4 aromatic rings. The molecule has 1 N–H and O–H groups in total. The Labute approximate surface area is 187 Å². The lowest BCUT2D eigenvalue weighted by atomic mass is 10.1. The maximum Gasteiger partial charge on any atom is 0.256 e. The zero-order valence-electron chi connectivity index (χ0n) is 18.5. The van der Waals surface area contributed by atoms with Crippen molar-refractivity contribution in [2.75, 3.05) is 23.8 Å². The van der Waals surface area contributed by atoms with Gasteiger partial charge in [0.05, 0.1) is 28.0 Å². The molecule has 0 radical (unpaired) electrons. The van der Waals surface area contributed by atoms with Gasteiger partial charge in [0.25, 0.3) is 5.91 Å². The Morgan fingerprint density at radius 3 is 2.69 bits per heavy atom. The number of pyridine rings is 2. The quantitative estimate of drug-likeness (QED) is 0.483. The number of fused-ring (bicyclic) bond motifs is 1. The van der Waals surface area contributed by atoms with E-state index >= 15 is 0 Å². The van der Waals surface area contributed by atoms with Gasteiger partial charge in [-0.2, -0.15) is 9.78 Å². The fourth-order valence-corrected chi connectivity index (χ4v) is 3.99. The molecule has 5 rings (SSSR count). The van der Waals surface area contributed by atoms with E-state index in [4.69, 9.17) is 10.1 Å². The molecule has 0 saturated heterocycles. The fourth-order valence-electron chi connectivity index (χ4n) is 3.99. The van der Waals surface area contributed by atoms with E-state index < -0.39 is 0 Å². The second kappa shape index (κ2) is 8.07. The van der Waals surface area contributed by atoms with E-state index in [-0.39, 0.29) is 5.91 Å². The Bertz CT molecular complexity index is 1290. The minimum Gasteiger partial charge on any atom is -0.373 e. The van der Waals surface area contributed by atoms with Gasteiger partial charge in [-0.25, -0.2) is 9.97 Å². The highest BCUT2D eigenvalue weighted by atomic mass is 16.1. The smallest absolute Gasteiger partial charge is 0.256 e. The largest absolute Gasteiger partial charge is 0.373 e. The third-order valence-electron chi connectivity index (χ3n) is 5.98. The predicted molar refractivity (Wildman–Crippen MR) is 127 cm³/mol. The fraction of sp³-hybridized carbons (Fsp3) is 0.280. The van der Waals surface area contributed by atoms with Crippen LogP contribution in [0.15, 0.2) is 54.7 Å². The molecule has 0 bridgehead atoms. The first-order valence-electron chi connectivity index (χ1n) is 11.0. The van der Waals surface area contributed by atoms with Crippen molar-refractivity contribution in [3.8, 4) is 5.82 Å². The molecule has 1 aromatic carbocycles. The topological polar surface area (TPSA) is 75.9 Å². The predicted octanol–water partition coefficient (Wildman–Crippen LogP) is 4.71. The molecular formula is C25H26N6O. The summed E-state index contributed by atoms with van der Waals surface area (Å²) >= 11 is 0. The van der Waals surface area contributed by atoms with Crippen LogP contribution in [0.5, 0.6) is 0 Å². The number of rotatable bonds is 6. The first kappa shape index (κ1) is 20.2. The molecule has 3 heterocycles. The van der Waals surface area contributed by atoms with Gasteiger partial charge in [0.1, 0.15) is 0 Å². The summed E-state index contributed by atoms with van der Waals surface area (Å²) in [5, 5.41) is 8.59. The number of amides is 1. The molecule has 1 fully saturated rings. The number of carbonyl (C=O) groups is 1. The van der Waals surface area contributed by atoms with Crippen LogP contribution in [0.2, 0.25) is 0 Å². The van der Waals surface area contributed by atoms with E-state index in [2.05, 4.69) is 22.1 Å². The van der Waals surface area contributed by atoms with Gasteiger partial charge in [-0.1, -0.05) is 18.2 Å². The lowest BCUT2D eigenvalue weighted by molar-refractivity contribution is 0.102. The van der Waals surface area contributed by atoms with E-state index in [9.17, 15) is 4.79 Å². The monoisotopic (exact) mass is 426 g/mol. The minimum atomic E-state index is -0.153. The van der Waals surface area contributed by atoms with Gasteiger partial charge >= 0.3 is 0 Å². The van der Waals surface area contributed by atoms with Crippen LogP contribution in [-0.2, 0) is 0 Å². The van der Waals surface area contributed by atoms with Crippen LogP contribution in [0.4, 0.5) is 11.4 Å². The highest BCUT2D eigenvalue weighted by Crippen LogP contribution is 2.41. The van der Waals surface area contributed by atoms with Gasteiger partial charge < -0.3 is 10.2 Å². The number of hydrogen-bond acceptors (Lipinski definition) is 5. The van der Waals surface area contributed by atoms with Crippen molar-refractivity contribution in [1.29, 1.82) is 0 Å². The summed E-state index contributed by atoms with van der Waals surface area (Å²) < 4.78 is 1.74. The van der Waals surface area contributed by atoms with E-state index in [0.29, 0.717) is 22.9 Å².